The van der Waals surface area contributed by atoms with E-state index in [2.05, 4.69) is 0 Å². The minimum atomic E-state index is -3.53. The lowest BCUT2D eigenvalue weighted by molar-refractivity contribution is -0.134. The van der Waals surface area contributed by atoms with Crippen molar-refractivity contribution < 1.29 is 17.9 Å². The molecule has 3 rings (SSSR count). The summed E-state index contributed by atoms with van der Waals surface area (Å²) in [7, 11) is -3.53. The average Bonchev–Trinajstić information content (AvgIpc) is 2.68. The molecule has 0 bridgehead atoms. The molecule has 0 aliphatic carbocycles. The summed E-state index contributed by atoms with van der Waals surface area (Å²) in [5.41, 5.74) is 0. The van der Waals surface area contributed by atoms with E-state index in [1.807, 2.05) is 0 Å². The second-order valence-electron chi connectivity index (χ2n) is 6.79. The zero-order valence-electron chi connectivity index (χ0n) is 14.8. The summed E-state index contributed by atoms with van der Waals surface area (Å²) in [6, 6.07) is 4.44. The van der Waals surface area contributed by atoms with Crippen LogP contribution in [0.2, 0.25) is 5.02 Å². The van der Waals surface area contributed by atoms with E-state index in [9.17, 15) is 13.2 Å². The Morgan fingerprint density at radius 3 is 2.23 bits per heavy atom. The summed E-state index contributed by atoms with van der Waals surface area (Å²) in [5, 5.41) is 0.203. The zero-order chi connectivity index (χ0) is 18.6. The SMILES string of the molecule is O=C(COc1ccc(S(=O)(=O)N2CCCCC2)cc1Cl)N1CCCCC1. The van der Waals surface area contributed by atoms with Gasteiger partial charge in [0.1, 0.15) is 5.75 Å². The van der Waals surface area contributed by atoms with Crippen LogP contribution in [0.3, 0.4) is 0 Å². The third kappa shape index (κ3) is 4.50. The van der Waals surface area contributed by atoms with Crippen molar-refractivity contribution in [2.45, 2.75) is 43.4 Å². The molecule has 6 nitrogen and oxygen atoms in total. The molecule has 1 aromatic rings. The molecule has 8 heteroatoms. The monoisotopic (exact) mass is 400 g/mol. The van der Waals surface area contributed by atoms with Gasteiger partial charge in [0.25, 0.3) is 5.91 Å². The Hall–Kier alpha value is -1.31. The standard InChI is InChI=1S/C18H25ClN2O4S/c19-16-13-15(26(23,24)21-11-5-2-6-12-21)7-8-17(16)25-14-18(22)20-9-3-1-4-10-20/h7-8,13H,1-6,9-12,14H2. The fourth-order valence-corrected chi connectivity index (χ4v) is 5.23. The number of carbonyl (C=O) groups excluding carboxylic acids is 1. The van der Waals surface area contributed by atoms with Crippen LogP contribution in [-0.2, 0) is 14.8 Å². The fourth-order valence-electron chi connectivity index (χ4n) is 3.39. The van der Waals surface area contributed by atoms with Crippen LogP contribution in [0.25, 0.3) is 0 Å². The number of likely N-dealkylation sites (tertiary alicyclic amines) is 1. The highest BCUT2D eigenvalue weighted by Gasteiger charge is 2.26. The zero-order valence-corrected chi connectivity index (χ0v) is 16.4. The third-order valence-corrected chi connectivity index (χ3v) is 7.11. The van der Waals surface area contributed by atoms with Gasteiger partial charge in [-0.25, -0.2) is 8.42 Å². The topological polar surface area (TPSA) is 66.9 Å². The molecule has 0 unspecified atom stereocenters. The van der Waals surface area contributed by atoms with Gasteiger partial charge in [0.2, 0.25) is 10.0 Å². The Labute approximate surface area is 160 Å². The second kappa shape index (κ2) is 8.59. The van der Waals surface area contributed by atoms with Crippen molar-refractivity contribution in [1.29, 1.82) is 0 Å². The molecule has 2 heterocycles. The second-order valence-corrected chi connectivity index (χ2v) is 9.13. The van der Waals surface area contributed by atoms with Crippen LogP contribution in [0.4, 0.5) is 0 Å². The van der Waals surface area contributed by atoms with Gasteiger partial charge in [-0.05, 0) is 50.3 Å². The average molecular weight is 401 g/mol. The minimum absolute atomic E-state index is 0.0641. The molecule has 0 radical (unpaired) electrons. The number of hydrogen-bond acceptors (Lipinski definition) is 4. The van der Waals surface area contributed by atoms with Gasteiger partial charge in [-0.3, -0.25) is 4.79 Å². The Morgan fingerprint density at radius 1 is 1.00 bits per heavy atom. The Kier molecular flexibility index (Phi) is 6.42. The molecule has 2 fully saturated rings. The molecule has 2 saturated heterocycles. The maximum absolute atomic E-state index is 12.7. The van der Waals surface area contributed by atoms with Crippen LogP contribution in [0.5, 0.6) is 5.75 Å². The van der Waals surface area contributed by atoms with Crippen molar-refractivity contribution in [3.8, 4) is 5.75 Å². The van der Waals surface area contributed by atoms with Gasteiger partial charge in [0, 0.05) is 26.2 Å². The van der Waals surface area contributed by atoms with Crippen molar-refractivity contribution in [2.75, 3.05) is 32.8 Å². The van der Waals surface area contributed by atoms with E-state index in [1.54, 1.807) is 4.90 Å². The smallest absolute Gasteiger partial charge is 0.260 e. The molecule has 144 valence electrons. The molecule has 0 saturated carbocycles. The number of ether oxygens (including phenoxy) is 1. The highest BCUT2D eigenvalue weighted by atomic mass is 35.5. The molecular weight excluding hydrogens is 376 g/mol. The van der Waals surface area contributed by atoms with E-state index in [1.165, 1.54) is 22.5 Å². The molecule has 0 atom stereocenters. The molecule has 0 aromatic heterocycles. The summed E-state index contributed by atoms with van der Waals surface area (Å²) in [6.45, 7) is 2.54. The number of benzene rings is 1. The Bertz CT molecular complexity index is 742. The number of sulfonamides is 1. The van der Waals surface area contributed by atoms with Crippen LogP contribution < -0.4 is 4.74 Å². The summed E-state index contributed by atoms with van der Waals surface area (Å²) in [5.74, 6) is 0.264. The molecular formula is C18H25ClN2O4S. The summed E-state index contributed by atoms with van der Waals surface area (Å²) < 4.78 is 32.4. The van der Waals surface area contributed by atoms with Gasteiger partial charge in [-0.2, -0.15) is 4.31 Å². The number of nitrogens with zero attached hydrogens (tertiary/aromatic N) is 2. The van der Waals surface area contributed by atoms with Gasteiger partial charge < -0.3 is 9.64 Å². The number of rotatable bonds is 5. The fraction of sp³-hybridized carbons (Fsp3) is 0.611. The molecule has 2 aliphatic heterocycles. The van der Waals surface area contributed by atoms with Gasteiger partial charge in [0.05, 0.1) is 9.92 Å². The predicted molar refractivity (Wildman–Crippen MR) is 100.0 cm³/mol. The van der Waals surface area contributed by atoms with Crippen molar-refractivity contribution >= 4 is 27.5 Å². The van der Waals surface area contributed by atoms with Crippen molar-refractivity contribution in [3.05, 3.63) is 23.2 Å². The predicted octanol–water partition coefficient (Wildman–Crippen LogP) is 2.91. The Morgan fingerprint density at radius 2 is 1.62 bits per heavy atom. The summed E-state index contributed by atoms with van der Waals surface area (Å²) >= 11 is 6.21. The van der Waals surface area contributed by atoms with E-state index < -0.39 is 10.0 Å². The maximum Gasteiger partial charge on any atom is 0.260 e. The lowest BCUT2D eigenvalue weighted by Crippen LogP contribution is -2.38. The Balaban J connectivity index is 1.64. The van der Waals surface area contributed by atoms with Gasteiger partial charge in [-0.1, -0.05) is 18.0 Å². The highest BCUT2D eigenvalue weighted by Crippen LogP contribution is 2.29. The van der Waals surface area contributed by atoms with Crippen LogP contribution in [0, 0.1) is 0 Å². The van der Waals surface area contributed by atoms with E-state index in [4.69, 9.17) is 16.3 Å². The van der Waals surface area contributed by atoms with Crippen LogP contribution in [0.15, 0.2) is 23.1 Å². The van der Waals surface area contributed by atoms with Crippen molar-refractivity contribution in [2.24, 2.45) is 0 Å². The van der Waals surface area contributed by atoms with Gasteiger partial charge >= 0.3 is 0 Å². The quantitative estimate of drug-likeness (QED) is 0.762. The molecule has 1 amide bonds. The molecule has 2 aliphatic rings. The first-order valence-electron chi connectivity index (χ1n) is 9.19. The maximum atomic E-state index is 12.7. The highest BCUT2D eigenvalue weighted by molar-refractivity contribution is 7.89. The molecule has 0 spiro atoms. The lowest BCUT2D eigenvalue weighted by Gasteiger charge is -2.27. The third-order valence-electron chi connectivity index (χ3n) is 4.92. The summed E-state index contributed by atoms with van der Waals surface area (Å²) in [4.78, 5) is 14.1. The number of carbonyl (C=O) groups is 1. The van der Waals surface area contributed by atoms with Crippen LogP contribution in [0.1, 0.15) is 38.5 Å². The lowest BCUT2D eigenvalue weighted by atomic mass is 10.1. The van der Waals surface area contributed by atoms with E-state index >= 15 is 0 Å². The van der Waals surface area contributed by atoms with Crippen LogP contribution in [-0.4, -0.2) is 56.3 Å². The van der Waals surface area contributed by atoms with Gasteiger partial charge in [0.15, 0.2) is 6.61 Å². The van der Waals surface area contributed by atoms with Crippen molar-refractivity contribution in [1.82, 2.24) is 9.21 Å². The minimum Gasteiger partial charge on any atom is -0.482 e. The first kappa shape index (κ1) is 19.5. The number of halogens is 1. The normalized spacial score (nSPS) is 19.3. The molecule has 1 aromatic carbocycles. The number of piperidine rings is 2. The van der Waals surface area contributed by atoms with E-state index in [0.29, 0.717) is 18.8 Å². The van der Waals surface area contributed by atoms with E-state index in [-0.39, 0.29) is 22.4 Å². The van der Waals surface area contributed by atoms with Crippen LogP contribution >= 0.6 is 11.6 Å². The number of hydrogen-bond donors (Lipinski definition) is 0. The number of amides is 1. The first-order valence-corrected chi connectivity index (χ1v) is 11.0. The first-order chi connectivity index (χ1) is 12.5. The summed E-state index contributed by atoms with van der Waals surface area (Å²) in [6.07, 6.45) is 6.03. The van der Waals surface area contributed by atoms with E-state index in [0.717, 1.165) is 51.6 Å². The molecule has 0 N–H and O–H groups in total. The van der Waals surface area contributed by atoms with Gasteiger partial charge in [-0.15, -0.1) is 0 Å². The van der Waals surface area contributed by atoms with Crippen molar-refractivity contribution in [3.63, 3.8) is 0 Å². The molecule has 26 heavy (non-hydrogen) atoms. The largest absolute Gasteiger partial charge is 0.482 e.